The van der Waals surface area contributed by atoms with Crippen molar-refractivity contribution in [1.29, 1.82) is 0 Å². The van der Waals surface area contributed by atoms with Gasteiger partial charge in [0.25, 0.3) is 0 Å². The smallest absolute Gasteiger partial charge is 0.138 e. The van der Waals surface area contributed by atoms with Crippen molar-refractivity contribution in [1.82, 2.24) is 14.8 Å². The minimum Gasteiger partial charge on any atom is -0.394 e. The van der Waals surface area contributed by atoms with Crippen LogP contribution < -0.4 is 0 Å². The molecule has 1 aromatic heterocycles. The molecule has 1 aliphatic rings. The van der Waals surface area contributed by atoms with E-state index in [2.05, 4.69) is 10.1 Å². The summed E-state index contributed by atoms with van der Waals surface area (Å²) in [6.07, 6.45) is 3.47. The molecule has 0 spiro atoms. The third-order valence-corrected chi connectivity index (χ3v) is 1.91. The zero-order valence-electron chi connectivity index (χ0n) is 5.56. The molecule has 0 amide bonds. The first-order valence-electron chi connectivity index (χ1n) is 3.41. The molecule has 1 unspecified atom stereocenters. The average molecular weight is 139 g/mol. The fourth-order valence-electron chi connectivity index (χ4n) is 1.34. The first-order valence-corrected chi connectivity index (χ1v) is 3.41. The lowest BCUT2D eigenvalue weighted by atomic mass is 10.2. The molecule has 1 aliphatic heterocycles. The molecule has 0 saturated carbocycles. The summed E-state index contributed by atoms with van der Waals surface area (Å²) in [5, 5.41) is 12.8. The van der Waals surface area contributed by atoms with Gasteiger partial charge in [-0.25, -0.2) is 9.67 Å². The van der Waals surface area contributed by atoms with Crippen molar-refractivity contribution in [3.63, 3.8) is 0 Å². The van der Waals surface area contributed by atoms with Crippen molar-refractivity contribution in [3.05, 3.63) is 12.2 Å². The van der Waals surface area contributed by atoms with Crippen LogP contribution >= 0.6 is 0 Å². The second-order valence-corrected chi connectivity index (χ2v) is 2.50. The lowest BCUT2D eigenvalue weighted by molar-refractivity contribution is 0.224. The maximum atomic E-state index is 8.84. The van der Waals surface area contributed by atoms with Gasteiger partial charge in [-0.3, -0.25) is 0 Å². The maximum Gasteiger partial charge on any atom is 0.138 e. The molecule has 0 fully saturated rings. The molecule has 1 atom stereocenters. The van der Waals surface area contributed by atoms with E-state index in [1.54, 1.807) is 4.68 Å². The van der Waals surface area contributed by atoms with Crippen molar-refractivity contribution in [2.45, 2.75) is 18.9 Å². The summed E-state index contributed by atoms with van der Waals surface area (Å²) < 4.78 is 1.81. The molecule has 0 aliphatic carbocycles. The maximum absolute atomic E-state index is 8.84. The van der Waals surface area contributed by atoms with Gasteiger partial charge in [0, 0.05) is 6.42 Å². The number of rotatable bonds is 1. The van der Waals surface area contributed by atoms with Crippen LogP contribution in [0.25, 0.3) is 0 Å². The molecule has 4 heteroatoms. The number of hydrogen-bond acceptors (Lipinski definition) is 3. The number of nitrogens with zero attached hydrogens (tertiary/aromatic N) is 3. The Morgan fingerprint density at radius 3 is 3.50 bits per heavy atom. The standard InChI is InChI=1S/C6H9N3O/c10-3-5-1-2-6-7-4-8-9(5)6/h4-5,10H,1-3H2. The molecule has 54 valence electrons. The lowest BCUT2D eigenvalue weighted by Crippen LogP contribution is -2.09. The molecule has 1 N–H and O–H groups in total. The summed E-state index contributed by atoms with van der Waals surface area (Å²) in [4.78, 5) is 4.04. The van der Waals surface area contributed by atoms with Gasteiger partial charge in [0.05, 0.1) is 12.6 Å². The summed E-state index contributed by atoms with van der Waals surface area (Å²) in [5.74, 6) is 0.999. The van der Waals surface area contributed by atoms with Gasteiger partial charge in [0.1, 0.15) is 12.2 Å². The fourth-order valence-corrected chi connectivity index (χ4v) is 1.34. The molecule has 2 rings (SSSR count). The van der Waals surface area contributed by atoms with E-state index in [4.69, 9.17) is 5.11 Å². The number of fused-ring (bicyclic) bond motifs is 1. The highest BCUT2D eigenvalue weighted by Crippen LogP contribution is 2.21. The van der Waals surface area contributed by atoms with Crippen molar-refractivity contribution >= 4 is 0 Å². The Balaban J connectivity index is 2.34. The largest absolute Gasteiger partial charge is 0.394 e. The molecule has 1 aromatic rings. The molecule has 0 saturated heterocycles. The molecule has 4 nitrogen and oxygen atoms in total. The summed E-state index contributed by atoms with van der Waals surface area (Å²) in [6, 6.07) is 0.178. The SMILES string of the molecule is OCC1CCc2ncnn21. The number of aromatic nitrogens is 3. The molecular formula is C6H9N3O. The zero-order valence-corrected chi connectivity index (χ0v) is 5.56. The fraction of sp³-hybridized carbons (Fsp3) is 0.667. The lowest BCUT2D eigenvalue weighted by Gasteiger charge is -2.04. The Hall–Kier alpha value is -0.900. The molecule has 10 heavy (non-hydrogen) atoms. The normalized spacial score (nSPS) is 23.1. The minimum atomic E-state index is 0.177. The quantitative estimate of drug-likeness (QED) is 0.584. The van der Waals surface area contributed by atoms with Crippen LogP contribution in [0.2, 0.25) is 0 Å². The van der Waals surface area contributed by atoms with Crippen LogP contribution in [0, 0.1) is 0 Å². The third-order valence-electron chi connectivity index (χ3n) is 1.91. The Kier molecular flexibility index (Phi) is 1.20. The monoisotopic (exact) mass is 139 g/mol. The highest BCUT2D eigenvalue weighted by atomic mass is 16.3. The van der Waals surface area contributed by atoms with Gasteiger partial charge >= 0.3 is 0 Å². The topological polar surface area (TPSA) is 50.9 Å². The van der Waals surface area contributed by atoms with E-state index in [0.29, 0.717) is 0 Å². The van der Waals surface area contributed by atoms with Crippen molar-refractivity contribution in [2.24, 2.45) is 0 Å². The predicted molar refractivity (Wildman–Crippen MR) is 34.5 cm³/mol. The minimum absolute atomic E-state index is 0.177. The summed E-state index contributed by atoms with van der Waals surface area (Å²) in [6.45, 7) is 0.177. The van der Waals surface area contributed by atoms with E-state index < -0.39 is 0 Å². The molecule has 0 bridgehead atoms. The van der Waals surface area contributed by atoms with Crippen LogP contribution in [0.4, 0.5) is 0 Å². The average Bonchev–Trinajstić information content (AvgIpc) is 2.44. The highest BCUT2D eigenvalue weighted by Gasteiger charge is 2.22. The van der Waals surface area contributed by atoms with Gasteiger partial charge < -0.3 is 5.11 Å². The van der Waals surface area contributed by atoms with E-state index in [-0.39, 0.29) is 12.6 Å². The van der Waals surface area contributed by atoms with Crippen molar-refractivity contribution in [2.75, 3.05) is 6.61 Å². The van der Waals surface area contributed by atoms with E-state index in [9.17, 15) is 0 Å². The van der Waals surface area contributed by atoms with Crippen LogP contribution in [0.5, 0.6) is 0 Å². The molecule has 2 heterocycles. The number of hydrogen-bond donors (Lipinski definition) is 1. The summed E-state index contributed by atoms with van der Waals surface area (Å²) in [5.41, 5.74) is 0. The van der Waals surface area contributed by atoms with Crippen molar-refractivity contribution < 1.29 is 5.11 Å². The Morgan fingerprint density at radius 2 is 2.70 bits per heavy atom. The van der Waals surface area contributed by atoms with Crippen LogP contribution in [0.3, 0.4) is 0 Å². The van der Waals surface area contributed by atoms with Crippen LogP contribution in [0.15, 0.2) is 6.33 Å². The third kappa shape index (κ3) is 0.654. The van der Waals surface area contributed by atoms with Crippen LogP contribution in [0.1, 0.15) is 18.3 Å². The van der Waals surface area contributed by atoms with Gasteiger partial charge in [-0.2, -0.15) is 5.10 Å². The van der Waals surface area contributed by atoms with Gasteiger partial charge in [-0.15, -0.1) is 0 Å². The van der Waals surface area contributed by atoms with E-state index in [0.717, 1.165) is 18.7 Å². The Labute approximate surface area is 58.5 Å². The van der Waals surface area contributed by atoms with E-state index in [1.807, 2.05) is 0 Å². The highest BCUT2D eigenvalue weighted by molar-refractivity contribution is 4.94. The summed E-state index contributed by atoms with van der Waals surface area (Å²) in [7, 11) is 0. The Morgan fingerprint density at radius 1 is 1.80 bits per heavy atom. The van der Waals surface area contributed by atoms with Gasteiger partial charge in [-0.05, 0) is 6.42 Å². The van der Waals surface area contributed by atoms with Crippen molar-refractivity contribution in [3.8, 4) is 0 Å². The van der Waals surface area contributed by atoms with E-state index in [1.165, 1.54) is 6.33 Å². The second-order valence-electron chi connectivity index (χ2n) is 2.50. The number of aliphatic hydroxyl groups is 1. The van der Waals surface area contributed by atoms with Gasteiger partial charge in [0.2, 0.25) is 0 Å². The predicted octanol–water partition coefficient (Wildman–Crippen LogP) is -0.242. The molecular weight excluding hydrogens is 130 g/mol. The molecule has 0 aromatic carbocycles. The van der Waals surface area contributed by atoms with Crippen LogP contribution in [-0.2, 0) is 6.42 Å². The summed E-state index contributed by atoms with van der Waals surface area (Å²) >= 11 is 0. The number of aryl methyl sites for hydroxylation is 1. The number of aliphatic hydroxyl groups excluding tert-OH is 1. The first-order chi connectivity index (χ1) is 4.92. The first kappa shape index (κ1) is 5.85. The van der Waals surface area contributed by atoms with E-state index >= 15 is 0 Å². The van der Waals surface area contributed by atoms with Gasteiger partial charge in [0.15, 0.2) is 0 Å². The second kappa shape index (κ2) is 2.05. The Bertz CT molecular complexity index is 233. The van der Waals surface area contributed by atoms with Gasteiger partial charge in [-0.1, -0.05) is 0 Å². The molecule has 0 radical (unpaired) electrons. The van der Waals surface area contributed by atoms with Crippen LogP contribution in [-0.4, -0.2) is 26.5 Å². The zero-order chi connectivity index (χ0) is 6.97.